The predicted octanol–water partition coefficient (Wildman–Crippen LogP) is 3.97. The summed E-state index contributed by atoms with van der Waals surface area (Å²) in [6, 6.07) is 0.104. The minimum absolute atomic E-state index is 0.00805. The normalized spacial score (nSPS) is 34.9. The van der Waals surface area contributed by atoms with Crippen LogP contribution < -0.4 is 4.90 Å². The monoisotopic (exact) mass is 515 g/mol. The van der Waals surface area contributed by atoms with Crippen molar-refractivity contribution in [3.63, 3.8) is 0 Å². The van der Waals surface area contributed by atoms with Crippen molar-refractivity contribution in [1.82, 2.24) is 9.88 Å². The predicted molar refractivity (Wildman–Crippen MR) is 119 cm³/mol. The molecule has 2 saturated carbocycles. The number of hydrogen-bond acceptors (Lipinski definition) is 4. The summed E-state index contributed by atoms with van der Waals surface area (Å²) in [5.41, 5.74) is -1.17. The Morgan fingerprint density at radius 3 is 2.63 bits per heavy atom. The number of allylic oxidation sites excluding steroid dienone is 2. The van der Waals surface area contributed by atoms with E-state index in [0.717, 1.165) is 11.0 Å². The molecule has 1 aromatic rings. The third-order valence-corrected chi connectivity index (χ3v) is 8.41. The zero-order chi connectivity index (χ0) is 25.3. The molecule has 0 radical (unpaired) electrons. The summed E-state index contributed by atoms with van der Waals surface area (Å²) >= 11 is 5.79. The number of rotatable bonds is 5. The molecule has 35 heavy (non-hydrogen) atoms. The van der Waals surface area contributed by atoms with Crippen molar-refractivity contribution in [3.8, 4) is 0 Å². The molecule has 3 fully saturated rings. The number of carbonyl (C=O) groups is 2. The van der Waals surface area contributed by atoms with Gasteiger partial charge < -0.3 is 10.0 Å². The molecule has 4 unspecified atom stereocenters. The van der Waals surface area contributed by atoms with Crippen LogP contribution in [-0.4, -0.2) is 58.7 Å². The van der Waals surface area contributed by atoms with Crippen molar-refractivity contribution < 1.29 is 32.3 Å². The Labute approximate surface area is 204 Å². The Hall–Kier alpha value is -2.20. The Bertz CT molecular complexity index is 1090. The number of hydrogen-bond donors (Lipinski definition) is 1. The largest absolute Gasteiger partial charge is 0.412 e. The van der Waals surface area contributed by atoms with Gasteiger partial charge in [0.1, 0.15) is 12.6 Å². The van der Waals surface area contributed by atoms with Crippen molar-refractivity contribution in [1.29, 1.82) is 0 Å². The fourth-order valence-electron chi connectivity index (χ4n) is 6.49. The summed E-state index contributed by atoms with van der Waals surface area (Å²) in [5.74, 6) is -2.35. The maximum absolute atomic E-state index is 14.6. The van der Waals surface area contributed by atoms with E-state index in [1.165, 1.54) is 17.2 Å². The number of aliphatic hydroxyl groups excluding tert-OH is 1. The van der Waals surface area contributed by atoms with Crippen molar-refractivity contribution in [3.05, 3.63) is 34.8 Å². The molecule has 4 aliphatic rings. The number of amides is 2. The van der Waals surface area contributed by atoms with Gasteiger partial charge in [-0.05, 0) is 60.8 Å². The molecule has 190 valence electrons. The van der Waals surface area contributed by atoms with Crippen LogP contribution in [0.1, 0.15) is 32.6 Å². The first kappa shape index (κ1) is 24.5. The number of aromatic nitrogens is 1. The van der Waals surface area contributed by atoms with Gasteiger partial charge in [0.05, 0.1) is 5.02 Å². The van der Waals surface area contributed by atoms with Crippen molar-refractivity contribution in [2.45, 2.75) is 44.8 Å². The first-order chi connectivity index (χ1) is 16.4. The highest BCUT2D eigenvalue weighted by Crippen LogP contribution is 2.57. The average Bonchev–Trinajstić information content (AvgIpc) is 3.45. The van der Waals surface area contributed by atoms with Crippen LogP contribution in [0.25, 0.3) is 0 Å². The number of carbonyl (C=O) groups excluding carboxylic acids is 2. The summed E-state index contributed by atoms with van der Waals surface area (Å²) in [5, 5.41) is 9.59. The number of aliphatic hydroxyl groups is 1. The first-order valence-electron chi connectivity index (χ1n) is 11.7. The van der Waals surface area contributed by atoms with Crippen LogP contribution >= 0.6 is 11.6 Å². The minimum atomic E-state index is -4.35. The molecule has 1 aliphatic heterocycles. The molecule has 0 spiro atoms. The van der Waals surface area contributed by atoms with E-state index in [9.17, 15) is 32.3 Å². The van der Waals surface area contributed by atoms with Gasteiger partial charge >= 0.3 is 6.18 Å². The number of anilines is 1. The highest BCUT2D eigenvalue weighted by Gasteiger charge is 2.59. The van der Waals surface area contributed by atoms with E-state index in [1.807, 2.05) is 6.92 Å². The van der Waals surface area contributed by atoms with Crippen LogP contribution in [0, 0.1) is 34.9 Å². The van der Waals surface area contributed by atoms with E-state index >= 15 is 0 Å². The molecule has 0 bridgehead atoms. The van der Waals surface area contributed by atoms with Gasteiger partial charge in [0, 0.05) is 24.9 Å². The lowest BCUT2D eigenvalue weighted by atomic mass is 9.58. The first-order valence-corrected chi connectivity index (χ1v) is 12.1. The van der Waals surface area contributed by atoms with Crippen LogP contribution in [0.4, 0.5) is 23.4 Å². The molecule has 3 aliphatic carbocycles. The van der Waals surface area contributed by atoms with Crippen LogP contribution in [0.3, 0.4) is 0 Å². The highest BCUT2D eigenvalue weighted by atomic mass is 35.5. The molecule has 1 saturated heterocycles. The van der Waals surface area contributed by atoms with E-state index in [2.05, 4.69) is 4.98 Å². The van der Waals surface area contributed by atoms with Gasteiger partial charge in [0.15, 0.2) is 11.6 Å². The number of nitrogens with zero attached hydrogens (tertiary/aromatic N) is 3. The minimum Gasteiger partial charge on any atom is -0.396 e. The second kappa shape index (κ2) is 8.44. The molecule has 1 N–H and O–H groups in total. The summed E-state index contributed by atoms with van der Waals surface area (Å²) in [7, 11) is 0. The van der Waals surface area contributed by atoms with Crippen molar-refractivity contribution >= 4 is 29.2 Å². The molecule has 1 aromatic heterocycles. The Balaban J connectivity index is 1.42. The number of alkyl halides is 3. The van der Waals surface area contributed by atoms with Gasteiger partial charge in [-0.1, -0.05) is 24.6 Å². The van der Waals surface area contributed by atoms with Crippen LogP contribution in [0.2, 0.25) is 5.02 Å². The van der Waals surface area contributed by atoms with Gasteiger partial charge in [-0.25, -0.2) is 9.37 Å². The second-order valence-electron chi connectivity index (χ2n) is 10.6. The number of halogens is 5. The standard InChI is InChI=1S/C24H26ClF4N3O3/c1-23(6-12(7-23)11-33)20-22(35)32(21-18(26)5-14(25)8-30-21)10-19(34)31(20)9-17-15-3-2-13(4-16(15)17)24(27,28)29/h4-5,8,12,15-17,20,33H,2-3,6-7,9-11H2,1H3. The zero-order valence-electron chi connectivity index (χ0n) is 19.1. The molecule has 2 heterocycles. The van der Waals surface area contributed by atoms with Crippen LogP contribution in [0.5, 0.6) is 0 Å². The number of piperazine rings is 1. The maximum Gasteiger partial charge on any atom is 0.412 e. The Morgan fingerprint density at radius 2 is 2.00 bits per heavy atom. The smallest absolute Gasteiger partial charge is 0.396 e. The molecule has 6 nitrogen and oxygen atoms in total. The molecule has 11 heteroatoms. The van der Waals surface area contributed by atoms with E-state index in [-0.39, 0.29) is 54.1 Å². The van der Waals surface area contributed by atoms with E-state index in [0.29, 0.717) is 19.3 Å². The van der Waals surface area contributed by atoms with Gasteiger partial charge in [0.25, 0.3) is 5.91 Å². The molecule has 0 aromatic carbocycles. The van der Waals surface area contributed by atoms with Gasteiger partial charge in [-0.3, -0.25) is 14.5 Å². The summed E-state index contributed by atoms with van der Waals surface area (Å²) in [4.78, 5) is 33.5. The number of fused-ring (bicyclic) bond motifs is 1. The Morgan fingerprint density at radius 1 is 1.29 bits per heavy atom. The Kier molecular flexibility index (Phi) is 5.90. The van der Waals surface area contributed by atoms with Crippen LogP contribution in [-0.2, 0) is 9.59 Å². The van der Waals surface area contributed by atoms with Gasteiger partial charge in [-0.2, -0.15) is 13.2 Å². The fourth-order valence-corrected chi connectivity index (χ4v) is 6.64. The molecule has 4 atom stereocenters. The third kappa shape index (κ3) is 4.22. The molecule has 5 rings (SSSR count). The molecule has 2 amide bonds. The summed E-state index contributed by atoms with van der Waals surface area (Å²) < 4.78 is 54.2. The number of pyridine rings is 1. The van der Waals surface area contributed by atoms with Crippen molar-refractivity contribution in [2.75, 3.05) is 24.6 Å². The third-order valence-electron chi connectivity index (χ3n) is 8.21. The van der Waals surface area contributed by atoms with Crippen LogP contribution in [0.15, 0.2) is 23.9 Å². The molecular formula is C24H26ClF4N3O3. The summed E-state index contributed by atoms with van der Waals surface area (Å²) in [6.07, 6.45) is -0.499. The van der Waals surface area contributed by atoms with E-state index in [4.69, 9.17) is 11.6 Å². The van der Waals surface area contributed by atoms with Gasteiger partial charge in [-0.15, -0.1) is 0 Å². The zero-order valence-corrected chi connectivity index (χ0v) is 19.8. The quantitative estimate of drug-likeness (QED) is 0.476. The maximum atomic E-state index is 14.6. The van der Waals surface area contributed by atoms with E-state index < -0.39 is 47.4 Å². The SMILES string of the molecule is CC1(C2C(=O)N(c3ncc(Cl)cc3F)CC(=O)N2CC2C3C=C(C(F)(F)F)CCC32)CC(CO)C1. The van der Waals surface area contributed by atoms with Gasteiger partial charge in [0.2, 0.25) is 5.91 Å². The second-order valence-corrected chi connectivity index (χ2v) is 11.0. The van der Waals surface area contributed by atoms with Crippen molar-refractivity contribution in [2.24, 2.45) is 29.1 Å². The van der Waals surface area contributed by atoms with E-state index in [1.54, 1.807) is 0 Å². The summed E-state index contributed by atoms with van der Waals surface area (Å²) in [6.45, 7) is 1.58. The lowest BCUT2D eigenvalue weighted by molar-refractivity contribution is -0.155. The fraction of sp³-hybridized carbons (Fsp3) is 0.625. The average molecular weight is 516 g/mol. The lowest BCUT2D eigenvalue weighted by Gasteiger charge is -2.54. The lowest BCUT2D eigenvalue weighted by Crippen LogP contribution is -2.68. The molecular weight excluding hydrogens is 490 g/mol. The highest BCUT2D eigenvalue weighted by molar-refractivity contribution is 6.30. The topological polar surface area (TPSA) is 73.7 Å².